The van der Waals surface area contributed by atoms with Crippen molar-refractivity contribution in [2.75, 3.05) is 6.54 Å². The maximum atomic E-state index is 13.3. The summed E-state index contributed by atoms with van der Waals surface area (Å²) in [6, 6.07) is 22.2. The van der Waals surface area contributed by atoms with E-state index in [-0.39, 0.29) is 22.8 Å². The van der Waals surface area contributed by atoms with Gasteiger partial charge in [-0.1, -0.05) is 42.5 Å². The van der Waals surface area contributed by atoms with Crippen molar-refractivity contribution < 1.29 is 4.79 Å². The van der Waals surface area contributed by atoms with Crippen LogP contribution in [0.2, 0.25) is 0 Å². The molecule has 0 spiro atoms. The van der Waals surface area contributed by atoms with E-state index in [4.69, 9.17) is 12.2 Å². The zero-order valence-corrected chi connectivity index (χ0v) is 19.1. The molecular weight excluding hydrogens is 432 g/mol. The number of amides is 1. The molecule has 0 fully saturated rings. The Morgan fingerprint density at radius 1 is 1.09 bits per heavy atom. The number of nitriles is 1. The minimum Gasteiger partial charge on any atom is -0.331 e. The number of fused-ring (bicyclic) bond motifs is 1. The van der Waals surface area contributed by atoms with Crippen LogP contribution in [0.1, 0.15) is 27.0 Å². The normalized spacial score (nSPS) is 10.7. The molecule has 0 unspecified atom stereocenters. The highest BCUT2D eigenvalue weighted by molar-refractivity contribution is 7.71. The van der Waals surface area contributed by atoms with Crippen molar-refractivity contribution in [1.82, 2.24) is 14.5 Å². The molecule has 3 aromatic carbocycles. The first-order valence-corrected chi connectivity index (χ1v) is 10.9. The summed E-state index contributed by atoms with van der Waals surface area (Å²) in [4.78, 5) is 31.1. The first-order valence-electron chi connectivity index (χ1n) is 10.5. The number of H-pyrrole nitrogens is 1. The molecule has 1 amide bonds. The molecule has 164 valence electrons. The Bertz CT molecular complexity index is 1510. The number of aromatic amines is 1. The van der Waals surface area contributed by atoms with Crippen LogP contribution in [0.5, 0.6) is 0 Å². The van der Waals surface area contributed by atoms with Crippen molar-refractivity contribution in [2.45, 2.75) is 20.4 Å². The quantitative estimate of drug-likeness (QED) is 0.346. The van der Waals surface area contributed by atoms with E-state index in [0.29, 0.717) is 23.0 Å². The van der Waals surface area contributed by atoms with Crippen molar-refractivity contribution >= 4 is 29.0 Å². The Morgan fingerprint density at radius 2 is 1.85 bits per heavy atom. The van der Waals surface area contributed by atoms with Crippen molar-refractivity contribution in [3.8, 4) is 11.8 Å². The van der Waals surface area contributed by atoms with Crippen LogP contribution in [0.3, 0.4) is 0 Å². The minimum atomic E-state index is -0.291. The molecule has 0 bridgehead atoms. The summed E-state index contributed by atoms with van der Waals surface area (Å²) < 4.78 is 1.74. The van der Waals surface area contributed by atoms with Gasteiger partial charge in [0.05, 0.1) is 22.7 Å². The molecule has 0 aliphatic rings. The number of carbonyl (C=O) groups is 1. The minimum absolute atomic E-state index is 0.0456. The molecular formula is C26H22N4O2S. The predicted octanol–water partition coefficient (Wildman–Crippen LogP) is 4.83. The van der Waals surface area contributed by atoms with Gasteiger partial charge in [0.25, 0.3) is 11.5 Å². The second kappa shape index (κ2) is 9.23. The van der Waals surface area contributed by atoms with Crippen LogP contribution in [0, 0.1) is 29.9 Å². The third-order valence-corrected chi connectivity index (χ3v) is 6.01. The lowest BCUT2D eigenvalue weighted by Gasteiger charge is -2.20. The highest BCUT2D eigenvalue weighted by Crippen LogP contribution is 2.19. The van der Waals surface area contributed by atoms with E-state index in [9.17, 15) is 14.9 Å². The van der Waals surface area contributed by atoms with E-state index in [1.54, 1.807) is 18.2 Å². The second-order valence-corrected chi connectivity index (χ2v) is 8.24. The summed E-state index contributed by atoms with van der Waals surface area (Å²) >= 11 is 5.51. The predicted molar refractivity (Wildman–Crippen MR) is 131 cm³/mol. The molecule has 4 aromatic rings. The average Bonchev–Trinajstić information content (AvgIpc) is 2.81. The standard InChI is InChI=1S/C26H22N4O2S/c1-17-7-6-10-23(18(17)2)30-25(32)21-12-11-20(15-22(21)28-26(30)33)24(31)29(14-13-27)16-19-8-4-3-5-9-19/h3-12,15H,14,16H2,1-2H3,(H,28,33). The zero-order valence-electron chi connectivity index (χ0n) is 18.3. The Hall–Kier alpha value is -4.02. The molecule has 0 aliphatic heterocycles. The molecule has 7 heteroatoms. The molecule has 1 N–H and O–H groups in total. The molecule has 0 saturated carbocycles. The number of aromatic nitrogens is 2. The highest BCUT2D eigenvalue weighted by Gasteiger charge is 2.18. The third-order valence-electron chi connectivity index (χ3n) is 5.73. The zero-order chi connectivity index (χ0) is 23.5. The van der Waals surface area contributed by atoms with E-state index >= 15 is 0 Å². The van der Waals surface area contributed by atoms with Crippen molar-refractivity contribution in [1.29, 1.82) is 5.26 Å². The second-order valence-electron chi connectivity index (χ2n) is 7.86. The molecule has 6 nitrogen and oxygen atoms in total. The van der Waals surface area contributed by atoms with Gasteiger partial charge < -0.3 is 9.88 Å². The monoisotopic (exact) mass is 454 g/mol. The fourth-order valence-corrected chi connectivity index (χ4v) is 4.11. The molecule has 4 rings (SSSR count). The van der Waals surface area contributed by atoms with Gasteiger partial charge >= 0.3 is 0 Å². The van der Waals surface area contributed by atoms with Gasteiger partial charge in [-0.25, -0.2) is 0 Å². The lowest BCUT2D eigenvalue weighted by molar-refractivity contribution is 0.0765. The van der Waals surface area contributed by atoms with Crippen molar-refractivity contribution in [3.63, 3.8) is 0 Å². The van der Waals surface area contributed by atoms with Gasteiger partial charge in [0.1, 0.15) is 6.54 Å². The van der Waals surface area contributed by atoms with Crippen LogP contribution in [-0.2, 0) is 6.54 Å². The molecule has 1 heterocycles. The summed E-state index contributed by atoms with van der Waals surface area (Å²) in [5.74, 6) is -0.291. The topological polar surface area (TPSA) is 81.9 Å². The Balaban J connectivity index is 1.76. The lowest BCUT2D eigenvalue weighted by atomic mass is 10.1. The maximum absolute atomic E-state index is 13.3. The van der Waals surface area contributed by atoms with Crippen LogP contribution >= 0.6 is 12.2 Å². The SMILES string of the molecule is Cc1cccc(-n2c(=S)[nH]c3cc(C(=O)N(CC#N)Cc4ccccc4)ccc3c2=O)c1C. The Labute approximate surface area is 196 Å². The first kappa shape index (κ1) is 22.2. The van der Waals surface area contributed by atoms with Crippen LogP contribution in [0.25, 0.3) is 16.6 Å². The molecule has 0 radical (unpaired) electrons. The van der Waals surface area contributed by atoms with Crippen LogP contribution in [0.4, 0.5) is 0 Å². The summed E-state index contributed by atoms with van der Waals surface area (Å²) in [7, 11) is 0. The third kappa shape index (κ3) is 4.34. The van der Waals surface area contributed by atoms with Gasteiger partial charge in [0.2, 0.25) is 0 Å². The summed E-state index contributed by atoms with van der Waals surface area (Å²) in [6.45, 7) is 4.21. The number of hydrogen-bond acceptors (Lipinski definition) is 4. The fraction of sp³-hybridized carbons (Fsp3) is 0.154. The van der Waals surface area contributed by atoms with Crippen LogP contribution in [0.15, 0.2) is 71.5 Å². The molecule has 0 saturated heterocycles. The maximum Gasteiger partial charge on any atom is 0.266 e. The number of nitrogens with one attached hydrogen (secondary N) is 1. The van der Waals surface area contributed by atoms with Gasteiger partial charge in [0.15, 0.2) is 4.77 Å². The Kier molecular flexibility index (Phi) is 6.20. The van der Waals surface area contributed by atoms with E-state index in [1.165, 1.54) is 9.47 Å². The number of rotatable bonds is 5. The largest absolute Gasteiger partial charge is 0.331 e. The van der Waals surface area contributed by atoms with Gasteiger partial charge in [-0.15, -0.1) is 0 Å². The van der Waals surface area contributed by atoms with Gasteiger partial charge in [0, 0.05) is 12.1 Å². The highest BCUT2D eigenvalue weighted by atomic mass is 32.1. The number of benzene rings is 3. The number of nitrogens with zero attached hydrogens (tertiary/aromatic N) is 3. The van der Waals surface area contributed by atoms with Crippen molar-refractivity contribution in [2.24, 2.45) is 0 Å². The Morgan fingerprint density at radius 3 is 2.58 bits per heavy atom. The van der Waals surface area contributed by atoms with Gasteiger partial charge in [-0.05, 0) is 67.0 Å². The average molecular weight is 455 g/mol. The number of hydrogen-bond donors (Lipinski definition) is 1. The summed E-state index contributed by atoms with van der Waals surface area (Å²) in [5, 5.41) is 9.65. The molecule has 0 aliphatic carbocycles. The number of aryl methyl sites for hydroxylation is 1. The molecule has 33 heavy (non-hydrogen) atoms. The van der Waals surface area contributed by atoms with E-state index in [2.05, 4.69) is 11.1 Å². The van der Waals surface area contributed by atoms with Gasteiger partial charge in [-0.3, -0.25) is 14.2 Å². The summed E-state index contributed by atoms with van der Waals surface area (Å²) in [5.41, 5.74) is 4.30. The van der Waals surface area contributed by atoms with Crippen LogP contribution in [-0.4, -0.2) is 26.9 Å². The van der Waals surface area contributed by atoms with E-state index in [0.717, 1.165) is 22.4 Å². The smallest absolute Gasteiger partial charge is 0.266 e. The molecule has 0 atom stereocenters. The van der Waals surface area contributed by atoms with Crippen molar-refractivity contribution in [3.05, 3.63) is 104 Å². The van der Waals surface area contributed by atoms with Crippen LogP contribution < -0.4 is 5.56 Å². The fourth-order valence-electron chi connectivity index (χ4n) is 3.82. The lowest BCUT2D eigenvalue weighted by Crippen LogP contribution is -2.31. The molecule has 1 aromatic heterocycles. The van der Waals surface area contributed by atoms with Gasteiger partial charge in [-0.2, -0.15) is 5.26 Å². The van der Waals surface area contributed by atoms with E-state index in [1.807, 2.05) is 62.4 Å². The van der Waals surface area contributed by atoms with E-state index < -0.39 is 0 Å². The summed E-state index contributed by atoms with van der Waals surface area (Å²) in [6.07, 6.45) is 0. The first-order chi connectivity index (χ1) is 15.9. The number of carbonyl (C=O) groups excluding carboxylic acids is 1.